The Morgan fingerprint density at radius 3 is 2.87 bits per heavy atom. The molecule has 0 aliphatic carbocycles. The van der Waals surface area contributed by atoms with Crippen LogP contribution in [0.25, 0.3) is 10.2 Å². The highest BCUT2D eigenvalue weighted by Crippen LogP contribution is 2.36. The van der Waals surface area contributed by atoms with Gasteiger partial charge < -0.3 is 4.74 Å². The molecule has 158 valence electrons. The van der Waals surface area contributed by atoms with Gasteiger partial charge in [-0.25, -0.2) is 13.4 Å². The molecule has 3 heterocycles. The molecule has 1 amide bonds. The van der Waals surface area contributed by atoms with Gasteiger partial charge in [-0.05, 0) is 36.6 Å². The lowest BCUT2D eigenvalue weighted by atomic mass is 10.2. The molecular weight excluding hydrogens is 424 g/mol. The van der Waals surface area contributed by atoms with Gasteiger partial charge in [0.05, 0.1) is 24.6 Å². The van der Waals surface area contributed by atoms with Crippen LogP contribution in [0.5, 0.6) is 5.75 Å². The van der Waals surface area contributed by atoms with E-state index in [-0.39, 0.29) is 12.5 Å². The van der Waals surface area contributed by atoms with Crippen molar-refractivity contribution >= 4 is 42.6 Å². The highest BCUT2D eigenvalue weighted by atomic mass is 32.2. The number of rotatable bonds is 6. The lowest BCUT2D eigenvalue weighted by Gasteiger charge is -2.27. The fraction of sp³-hybridized carbons (Fsp3) is 0.350. The summed E-state index contributed by atoms with van der Waals surface area (Å²) in [7, 11) is -1.91. The highest BCUT2D eigenvalue weighted by molar-refractivity contribution is 7.88. The summed E-state index contributed by atoms with van der Waals surface area (Å²) in [6.07, 6.45) is 5.64. The number of methoxy groups -OCH3 is 1. The van der Waals surface area contributed by atoms with E-state index in [1.54, 1.807) is 30.5 Å². The van der Waals surface area contributed by atoms with Crippen molar-refractivity contribution in [2.75, 3.05) is 24.8 Å². The molecule has 0 N–H and O–H groups in total. The third-order valence-corrected chi connectivity index (χ3v) is 7.40. The van der Waals surface area contributed by atoms with Crippen LogP contribution in [-0.4, -0.2) is 54.6 Å². The Morgan fingerprint density at radius 1 is 1.33 bits per heavy atom. The number of thiazole rings is 1. The molecule has 4 rings (SSSR count). The van der Waals surface area contributed by atoms with E-state index in [0.29, 0.717) is 35.8 Å². The number of aromatic nitrogens is 2. The van der Waals surface area contributed by atoms with Gasteiger partial charge in [0.15, 0.2) is 5.13 Å². The molecule has 0 saturated carbocycles. The molecule has 1 aromatic carbocycles. The number of sulfonamides is 1. The van der Waals surface area contributed by atoms with Gasteiger partial charge in [-0.15, -0.1) is 0 Å². The van der Waals surface area contributed by atoms with E-state index >= 15 is 0 Å². The van der Waals surface area contributed by atoms with Crippen LogP contribution in [0.15, 0.2) is 42.7 Å². The SMILES string of the molecule is COc1cccc2sc(N(Cc3cccnc3)C(=O)[C@H]3CCCN3S(C)(=O)=O)nc12. The van der Waals surface area contributed by atoms with E-state index in [0.717, 1.165) is 16.5 Å². The Bertz CT molecular complexity index is 1160. The Hall–Kier alpha value is -2.56. The van der Waals surface area contributed by atoms with Crippen molar-refractivity contribution in [2.24, 2.45) is 0 Å². The van der Waals surface area contributed by atoms with Crippen LogP contribution in [0.4, 0.5) is 5.13 Å². The molecular formula is C20H22N4O4S2. The number of amides is 1. The second-order valence-electron chi connectivity index (χ2n) is 7.12. The van der Waals surface area contributed by atoms with E-state index in [9.17, 15) is 13.2 Å². The minimum Gasteiger partial charge on any atom is -0.494 e. The molecule has 1 saturated heterocycles. The van der Waals surface area contributed by atoms with Gasteiger partial charge in [-0.2, -0.15) is 4.31 Å². The quantitative estimate of drug-likeness (QED) is 0.578. The lowest BCUT2D eigenvalue weighted by Crippen LogP contribution is -2.47. The maximum atomic E-state index is 13.6. The molecule has 1 aliphatic heterocycles. The molecule has 1 fully saturated rings. The first-order chi connectivity index (χ1) is 14.4. The predicted octanol–water partition coefficient (Wildman–Crippen LogP) is 2.66. The minimum atomic E-state index is -3.48. The number of ether oxygens (including phenoxy) is 1. The summed E-state index contributed by atoms with van der Waals surface area (Å²) in [6, 6.07) is 8.57. The first kappa shape index (κ1) is 20.7. The molecule has 0 spiro atoms. The van der Waals surface area contributed by atoms with Crippen LogP contribution in [0, 0.1) is 0 Å². The zero-order valence-electron chi connectivity index (χ0n) is 16.7. The van der Waals surface area contributed by atoms with E-state index in [2.05, 4.69) is 9.97 Å². The number of fused-ring (bicyclic) bond motifs is 1. The molecule has 1 atom stereocenters. The summed E-state index contributed by atoms with van der Waals surface area (Å²) in [5.41, 5.74) is 1.51. The number of nitrogens with zero attached hydrogens (tertiary/aromatic N) is 4. The van der Waals surface area contributed by atoms with Crippen molar-refractivity contribution in [2.45, 2.75) is 25.4 Å². The average molecular weight is 447 g/mol. The number of pyridine rings is 1. The van der Waals surface area contributed by atoms with Crippen LogP contribution < -0.4 is 9.64 Å². The average Bonchev–Trinajstić information content (AvgIpc) is 3.39. The fourth-order valence-electron chi connectivity index (χ4n) is 3.67. The highest BCUT2D eigenvalue weighted by Gasteiger charge is 2.39. The summed E-state index contributed by atoms with van der Waals surface area (Å²) in [5.74, 6) is 0.349. The van der Waals surface area contributed by atoms with Crippen LogP contribution in [-0.2, 0) is 21.4 Å². The predicted molar refractivity (Wildman–Crippen MR) is 116 cm³/mol. The standard InChI is InChI=1S/C20H22N4O4S2/c1-28-16-8-3-9-17-18(16)22-20(29-17)23(13-14-6-4-10-21-12-14)19(25)15-7-5-11-24(15)30(2,26)27/h3-4,6,8-10,12,15H,5,7,11,13H2,1-2H3/t15-/m1/s1. The maximum absolute atomic E-state index is 13.6. The topological polar surface area (TPSA) is 92.7 Å². The molecule has 30 heavy (non-hydrogen) atoms. The zero-order valence-corrected chi connectivity index (χ0v) is 18.3. The molecule has 0 bridgehead atoms. The second kappa shape index (κ2) is 8.29. The van der Waals surface area contributed by atoms with Crippen molar-refractivity contribution in [1.82, 2.24) is 14.3 Å². The third kappa shape index (κ3) is 4.03. The Morgan fingerprint density at radius 2 is 2.17 bits per heavy atom. The first-order valence-electron chi connectivity index (χ1n) is 9.49. The van der Waals surface area contributed by atoms with Gasteiger partial charge in [-0.1, -0.05) is 23.5 Å². The van der Waals surface area contributed by atoms with Crippen molar-refractivity contribution in [1.29, 1.82) is 0 Å². The third-order valence-electron chi connectivity index (χ3n) is 5.07. The van der Waals surface area contributed by atoms with Gasteiger partial charge in [0, 0.05) is 18.9 Å². The van der Waals surface area contributed by atoms with Crippen LogP contribution in [0.3, 0.4) is 0 Å². The van der Waals surface area contributed by atoms with Crippen LogP contribution in [0.1, 0.15) is 18.4 Å². The molecule has 10 heteroatoms. The zero-order chi connectivity index (χ0) is 21.3. The van der Waals surface area contributed by atoms with Crippen molar-refractivity contribution in [3.63, 3.8) is 0 Å². The number of hydrogen-bond donors (Lipinski definition) is 0. The minimum absolute atomic E-state index is 0.253. The summed E-state index contributed by atoms with van der Waals surface area (Å²) < 4.78 is 32.0. The second-order valence-corrected chi connectivity index (χ2v) is 10.1. The van der Waals surface area contributed by atoms with Crippen molar-refractivity contribution in [3.8, 4) is 5.75 Å². The largest absolute Gasteiger partial charge is 0.494 e. The van der Waals surface area contributed by atoms with Gasteiger partial charge in [0.25, 0.3) is 0 Å². The van der Waals surface area contributed by atoms with Gasteiger partial charge in [-0.3, -0.25) is 14.7 Å². The Balaban J connectivity index is 1.76. The molecule has 2 aromatic heterocycles. The van der Waals surface area contributed by atoms with Gasteiger partial charge in [0.1, 0.15) is 17.3 Å². The monoisotopic (exact) mass is 446 g/mol. The van der Waals surface area contributed by atoms with E-state index in [4.69, 9.17) is 4.74 Å². The van der Waals surface area contributed by atoms with Gasteiger partial charge >= 0.3 is 0 Å². The number of carbonyl (C=O) groups is 1. The molecule has 0 unspecified atom stereocenters. The molecule has 3 aromatic rings. The van der Waals surface area contributed by atoms with E-state index < -0.39 is 16.1 Å². The summed E-state index contributed by atoms with van der Waals surface area (Å²) in [4.78, 5) is 23.9. The van der Waals surface area contributed by atoms with Crippen LogP contribution >= 0.6 is 11.3 Å². The first-order valence-corrected chi connectivity index (χ1v) is 12.2. The number of carbonyl (C=O) groups excluding carboxylic acids is 1. The number of benzene rings is 1. The smallest absolute Gasteiger partial charge is 0.247 e. The van der Waals surface area contributed by atoms with E-state index in [1.165, 1.54) is 15.6 Å². The molecule has 0 radical (unpaired) electrons. The van der Waals surface area contributed by atoms with Crippen molar-refractivity contribution in [3.05, 3.63) is 48.3 Å². The number of anilines is 1. The Labute approximate surface area is 179 Å². The van der Waals surface area contributed by atoms with Crippen molar-refractivity contribution < 1.29 is 17.9 Å². The molecule has 8 nitrogen and oxygen atoms in total. The summed E-state index contributed by atoms with van der Waals surface area (Å²) in [6.45, 7) is 0.604. The summed E-state index contributed by atoms with van der Waals surface area (Å²) >= 11 is 1.38. The van der Waals surface area contributed by atoms with E-state index in [1.807, 2.05) is 24.3 Å². The Kier molecular flexibility index (Phi) is 5.72. The number of para-hydroxylation sites is 1. The maximum Gasteiger partial charge on any atom is 0.247 e. The van der Waals surface area contributed by atoms with Gasteiger partial charge in [0.2, 0.25) is 15.9 Å². The number of hydrogen-bond acceptors (Lipinski definition) is 7. The summed E-state index contributed by atoms with van der Waals surface area (Å²) in [5, 5.41) is 0.503. The van der Waals surface area contributed by atoms with Crippen LogP contribution in [0.2, 0.25) is 0 Å². The normalized spacial score (nSPS) is 17.3. The lowest BCUT2D eigenvalue weighted by molar-refractivity contribution is -0.121. The fourth-order valence-corrected chi connectivity index (χ4v) is 5.78. The molecule has 1 aliphatic rings.